The van der Waals surface area contributed by atoms with E-state index >= 15 is 0 Å². The van der Waals surface area contributed by atoms with E-state index in [0.717, 1.165) is 3.97 Å². The third-order valence-corrected chi connectivity index (χ3v) is 2.02. The molecular formula is C4H3IN2O2S. The highest BCUT2D eigenvalue weighted by atomic mass is 127. The van der Waals surface area contributed by atoms with Crippen molar-refractivity contribution in [1.82, 2.24) is 6.75 Å². The standard InChI is InChI=1S/C4H3IN2O2S/c5-6-2-1-3(8)7(10)4(6)9/h1-2,10H. The first-order chi connectivity index (χ1) is 4.63. The number of hydrogen-bond donors (Lipinski definition) is 1. The second-order valence-electron chi connectivity index (χ2n) is 1.56. The van der Waals surface area contributed by atoms with E-state index in [1.54, 1.807) is 22.9 Å². The summed E-state index contributed by atoms with van der Waals surface area (Å²) in [6.07, 6.45) is 1.39. The summed E-state index contributed by atoms with van der Waals surface area (Å²) < 4.78 is 1.98. The van der Waals surface area contributed by atoms with Crippen molar-refractivity contribution >= 4 is 35.7 Å². The molecule has 1 aromatic rings. The molecule has 0 spiro atoms. The van der Waals surface area contributed by atoms with Crippen LogP contribution in [0.3, 0.4) is 0 Å². The van der Waals surface area contributed by atoms with E-state index < -0.39 is 11.2 Å². The molecule has 1 aromatic heterocycles. The molecule has 0 saturated heterocycles. The minimum Gasteiger partial charge on any atom is -0.268 e. The van der Waals surface area contributed by atoms with Crippen LogP contribution in [0.5, 0.6) is 0 Å². The summed E-state index contributed by atoms with van der Waals surface area (Å²) >= 11 is 5.41. The Hall–Kier alpha value is -0.240. The van der Waals surface area contributed by atoms with Crippen molar-refractivity contribution in [2.24, 2.45) is 0 Å². The van der Waals surface area contributed by atoms with Gasteiger partial charge in [0.1, 0.15) is 0 Å². The van der Waals surface area contributed by atoms with Crippen molar-refractivity contribution in [2.75, 3.05) is 0 Å². The molecule has 0 fully saturated rings. The number of rotatable bonds is 0. The van der Waals surface area contributed by atoms with Gasteiger partial charge in [-0.25, -0.2) is 11.5 Å². The predicted molar refractivity (Wildman–Crippen MR) is 48.8 cm³/mol. The molecule has 0 aromatic carbocycles. The van der Waals surface area contributed by atoms with E-state index in [-0.39, 0.29) is 0 Å². The van der Waals surface area contributed by atoms with Gasteiger partial charge in [0.05, 0.1) is 22.9 Å². The van der Waals surface area contributed by atoms with Gasteiger partial charge in [0.15, 0.2) is 0 Å². The number of hydrogen-bond acceptors (Lipinski definition) is 3. The lowest BCUT2D eigenvalue weighted by molar-refractivity contribution is 0.970. The lowest BCUT2D eigenvalue weighted by Crippen LogP contribution is -2.30. The minimum absolute atomic E-state index is 0.416. The Balaban J connectivity index is 3.66. The summed E-state index contributed by atoms with van der Waals surface area (Å²) in [5, 5.41) is 0. The molecule has 0 saturated carbocycles. The SMILES string of the molecule is O=c1ccn(I)c(=O)n1S. The average Bonchev–Trinajstić information content (AvgIpc) is 1.93. The average molecular weight is 270 g/mol. The van der Waals surface area contributed by atoms with Gasteiger partial charge in [-0.05, 0) is 0 Å². The van der Waals surface area contributed by atoms with Crippen LogP contribution in [0.2, 0.25) is 0 Å². The van der Waals surface area contributed by atoms with Crippen LogP contribution in [0.4, 0.5) is 0 Å². The third kappa shape index (κ3) is 1.26. The number of aromatic nitrogens is 2. The fourth-order valence-electron chi connectivity index (χ4n) is 0.448. The minimum atomic E-state index is -0.448. The van der Waals surface area contributed by atoms with E-state index in [1.165, 1.54) is 15.0 Å². The van der Waals surface area contributed by atoms with E-state index in [9.17, 15) is 9.59 Å². The first kappa shape index (κ1) is 7.86. The zero-order valence-corrected chi connectivity index (χ0v) is 7.74. The van der Waals surface area contributed by atoms with Crippen molar-refractivity contribution in [2.45, 2.75) is 0 Å². The molecule has 0 amide bonds. The van der Waals surface area contributed by atoms with Crippen molar-refractivity contribution in [3.63, 3.8) is 0 Å². The summed E-state index contributed by atoms with van der Waals surface area (Å²) in [6.45, 7) is 0. The van der Waals surface area contributed by atoms with Crippen molar-refractivity contribution < 1.29 is 0 Å². The molecule has 6 heteroatoms. The molecule has 0 N–H and O–H groups in total. The monoisotopic (exact) mass is 270 g/mol. The molecule has 54 valence electrons. The van der Waals surface area contributed by atoms with Gasteiger partial charge in [-0.15, -0.1) is 0 Å². The van der Waals surface area contributed by atoms with Crippen LogP contribution in [0.1, 0.15) is 0 Å². The molecule has 0 unspecified atom stereocenters. The van der Waals surface area contributed by atoms with E-state index in [4.69, 9.17) is 0 Å². The summed E-state index contributed by atoms with van der Waals surface area (Å²) in [5.74, 6) is 0. The molecular weight excluding hydrogens is 267 g/mol. The van der Waals surface area contributed by atoms with Crippen LogP contribution < -0.4 is 11.2 Å². The van der Waals surface area contributed by atoms with Crippen LogP contribution >= 0.6 is 35.7 Å². The maximum absolute atomic E-state index is 10.8. The topological polar surface area (TPSA) is 44.0 Å². The Morgan fingerprint density at radius 3 is 2.60 bits per heavy atom. The molecule has 0 aliphatic rings. The van der Waals surface area contributed by atoms with Gasteiger partial charge >= 0.3 is 5.69 Å². The Bertz CT molecular complexity index is 355. The second-order valence-corrected chi connectivity index (χ2v) is 3.00. The fraction of sp³-hybridized carbons (Fsp3) is 0. The predicted octanol–water partition coefficient (Wildman–Crippen LogP) is -0.0990. The van der Waals surface area contributed by atoms with Gasteiger partial charge in [-0.1, -0.05) is 12.8 Å². The highest BCUT2D eigenvalue weighted by Crippen LogP contribution is 1.83. The highest BCUT2D eigenvalue weighted by molar-refractivity contribution is 14.1. The molecule has 0 aliphatic heterocycles. The van der Waals surface area contributed by atoms with Crippen molar-refractivity contribution in [3.05, 3.63) is 33.1 Å². The maximum Gasteiger partial charge on any atom is 0.350 e. The van der Waals surface area contributed by atoms with Gasteiger partial charge in [0.2, 0.25) is 0 Å². The number of nitrogens with zero attached hydrogens (tertiary/aromatic N) is 2. The van der Waals surface area contributed by atoms with Crippen LogP contribution in [-0.2, 0) is 0 Å². The Morgan fingerprint density at radius 2 is 2.10 bits per heavy atom. The molecule has 0 bridgehead atoms. The van der Waals surface area contributed by atoms with E-state index in [1.807, 2.05) is 0 Å². The zero-order valence-electron chi connectivity index (χ0n) is 4.69. The molecule has 0 aliphatic carbocycles. The van der Waals surface area contributed by atoms with Crippen molar-refractivity contribution in [1.29, 1.82) is 0 Å². The Kier molecular flexibility index (Phi) is 2.19. The quantitative estimate of drug-likeness (QED) is 0.528. The van der Waals surface area contributed by atoms with Crippen LogP contribution in [0.25, 0.3) is 0 Å². The molecule has 10 heavy (non-hydrogen) atoms. The molecule has 0 radical (unpaired) electrons. The molecule has 0 atom stereocenters. The first-order valence-electron chi connectivity index (χ1n) is 2.33. The number of halogens is 1. The normalized spacial score (nSPS) is 9.80. The fourth-order valence-corrected chi connectivity index (χ4v) is 1.16. The summed E-state index contributed by atoms with van der Waals surface area (Å²) in [6, 6.07) is 1.26. The summed E-state index contributed by atoms with van der Waals surface area (Å²) in [5.41, 5.74) is -0.863. The second kappa shape index (κ2) is 2.79. The zero-order chi connectivity index (χ0) is 7.72. The lowest BCUT2D eigenvalue weighted by Gasteiger charge is -1.94. The number of thiol groups is 1. The Labute approximate surface area is 75.5 Å². The first-order valence-corrected chi connectivity index (χ1v) is 3.69. The van der Waals surface area contributed by atoms with Crippen molar-refractivity contribution in [3.8, 4) is 0 Å². The van der Waals surface area contributed by atoms with Gasteiger partial charge < -0.3 is 0 Å². The van der Waals surface area contributed by atoms with E-state index in [2.05, 4.69) is 12.8 Å². The summed E-state index contributed by atoms with van der Waals surface area (Å²) in [7, 11) is 0. The van der Waals surface area contributed by atoms with Gasteiger partial charge in [-0.3, -0.25) is 4.79 Å². The molecule has 1 rings (SSSR count). The van der Waals surface area contributed by atoms with Gasteiger partial charge in [0, 0.05) is 12.3 Å². The molecule has 4 nitrogen and oxygen atoms in total. The maximum atomic E-state index is 10.8. The van der Waals surface area contributed by atoms with Gasteiger partial charge in [-0.2, -0.15) is 0 Å². The summed E-state index contributed by atoms with van der Waals surface area (Å²) in [4.78, 5) is 21.5. The highest BCUT2D eigenvalue weighted by Gasteiger charge is 1.96. The van der Waals surface area contributed by atoms with Crippen LogP contribution in [0.15, 0.2) is 21.9 Å². The molecule has 1 heterocycles. The third-order valence-electron chi connectivity index (χ3n) is 0.921. The smallest absolute Gasteiger partial charge is 0.268 e. The van der Waals surface area contributed by atoms with Crippen LogP contribution in [-0.4, -0.2) is 6.75 Å². The van der Waals surface area contributed by atoms with Gasteiger partial charge in [0.25, 0.3) is 5.56 Å². The van der Waals surface area contributed by atoms with E-state index in [0.29, 0.717) is 0 Å². The van der Waals surface area contributed by atoms with Crippen LogP contribution in [0, 0.1) is 0 Å². The Morgan fingerprint density at radius 1 is 1.50 bits per heavy atom. The largest absolute Gasteiger partial charge is 0.350 e. The lowest BCUT2D eigenvalue weighted by atomic mass is 10.7.